The SMILES string of the molecule is c1ccc(-n2c3ccccc3c3ccc4cc5c(ccn5-c5cncc6ccccc56)cc4c32)cc1. The Morgan fingerprint density at radius 2 is 1.31 bits per heavy atom. The zero-order valence-corrected chi connectivity index (χ0v) is 19.5. The molecular formula is C33H21N3. The van der Waals surface area contributed by atoms with Gasteiger partial charge in [-0.3, -0.25) is 4.98 Å². The first-order chi connectivity index (χ1) is 17.9. The van der Waals surface area contributed by atoms with Crippen molar-refractivity contribution in [2.45, 2.75) is 0 Å². The van der Waals surface area contributed by atoms with E-state index in [-0.39, 0.29) is 0 Å². The second kappa shape index (κ2) is 7.30. The zero-order valence-electron chi connectivity index (χ0n) is 19.5. The molecule has 0 fully saturated rings. The van der Waals surface area contributed by atoms with Crippen molar-refractivity contribution in [3.05, 3.63) is 128 Å². The number of pyridine rings is 1. The molecular weight excluding hydrogens is 438 g/mol. The highest BCUT2D eigenvalue weighted by Gasteiger charge is 2.16. The number of rotatable bonds is 2. The Morgan fingerprint density at radius 3 is 2.22 bits per heavy atom. The van der Waals surface area contributed by atoms with E-state index in [2.05, 4.69) is 130 Å². The monoisotopic (exact) mass is 459 g/mol. The summed E-state index contributed by atoms with van der Waals surface area (Å²) in [6, 6.07) is 39.2. The molecule has 36 heavy (non-hydrogen) atoms. The standard InChI is InChI=1S/C33H21N3/c1-2-9-25(10-3-1)36-30-13-7-6-12-27(30)28-15-14-22-19-31-23(18-29(22)33(28)36)16-17-35(31)32-21-34-20-24-8-4-5-11-26(24)32/h1-21H. The first-order valence-electron chi connectivity index (χ1n) is 12.2. The molecule has 3 aromatic heterocycles. The summed E-state index contributed by atoms with van der Waals surface area (Å²) in [6.07, 6.45) is 6.05. The average molecular weight is 460 g/mol. The predicted octanol–water partition coefficient (Wildman–Crippen LogP) is 8.43. The van der Waals surface area contributed by atoms with Gasteiger partial charge in [-0.05, 0) is 41.8 Å². The molecule has 0 bridgehead atoms. The maximum absolute atomic E-state index is 4.52. The number of hydrogen-bond donors (Lipinski definition) is 0. The molecule has 5 aromatic carbocycles. The lowest BCUT2D eigenvalue weighted by atomic mass is 10.0. The van der Waals surface area contributed by atoms with Crippen molar-refractivity contribution in [1.29, 1.82) is 0 Å². The summed E-state index contributed by atoms with van der Waals surface area (Å²) in [5, 5.41) is 8.60. The third-order valence-electron chi connectivity index (χ3n) is 7.38. The van der Waals surface area contributed by atoms with E-state index >= 15 is 0 Å². The van der Waals surface area contributed by atoms with E-state index in [1.54, 1.807) is 0 Å². The molecule has 3 heteroatoms. The van der Waals surface area contributed by atoms with Crippen LogP contribution in [0.5, 0.6) is 0 Å². The molecule has 0 unspecified atom stereocenters. The van der Waals surface area contributed by atoms with Gasteiger partial charge in [0.15, 0.2) is 0 Å². The van der Waals surface area contributed by atoms with E-state index in [0.29, 0.717) is 0 Å². The summed E-state index contributed by atoms with van der Waals surface area (Å²) >= 11 is 0. The molecule has 0 spiro atoms. The molecule has 0 atom stereocenters. The molecule has 0 aliphatic carbocycles. The maximum atomic E-state index is 4.52. The van der Waals surface area contributed by atoms with Crippen molar-refractivity contribution >= 4 is 54.3 Å². The normalized spacial score (nSPS) is 11.9. The molecule has 0 radical (unpaired) electrons. The fourth-order valence-electron chi connectivity index (χ4n) is 5.76. The Bertz CT molecular complexity index is 2090. The van der Waals surface area contributed by atoms with E-state index in [0.717, 1.165) is 11.1 Å². The van der Waals surface area contributed by atoms with Gasteiger partial charge in [0.2, 0.25) is 0 Å². The van der Waals surface area contributed by atoms with Crippen molar-refractivity contribution in [3.8, 4) is 11.4 Å². The third kappa shape index (κ3) is 2.65. The Labute approximate surface area is 207 Å². The highest BCUT2D eigenvalue weighted by atomic mass is 15.0. The van der Waals surface area contributed by atoms with Gasteiger partial charge in [-0.25, -0.2) is 0 Å². The lowest BCUT2D eigenvalue weighted by Crippen LogP contribution is -1.95. The summed E-state index contributed by atoms with van der Waals surface area (Å²) in [6.45, 7) is 0. The van der Waals surface area contributed by atoms with Crippen LogP contribution in [0.3, 0.4) is 0 Å². The van der Waals surface area contributed by atoms with Gasteiger partial charge in [0, 0.05) is 50.4 Å². The largest absolute Gasteiger partial charge is 0.314 e. The highest BCUT2D eigenvalue weighted by Crippen LogP contribution is 2.38. The smallest absolute Gasteiger partial charge is 0.0718 e. The number of hydrogen-bond acceptors (Lipinski definition) is 1. The molecule has 3 nitrogen and oxygen atoms in total. The molecule has 8 rings (SSSR count). The van der Waals surface area contributed by atoms with Crippen LogP contribution in [0.4, 0.5) is 0 Å². The Hall–Kier alpha value is -4.89. The van der Waals surface area contributed by atoms with E-state index < -0.39 is 0 Å². The number of nitrogens with zero attached hydrogens (tertiary/aromatic N) is 3. The second-order valence-electron chi connectivity index (χ2n) is 9.35. The zero-order chi connectivity index (χ0) is 23.6. The van der Waals surface area contributed by atoms with Crippen LogP contribution in [0.25, 0.3) is 65.6 Å². The van der Waals surface area contributed by atoms with Crippen LogP contribution < -0.4 is 0 Å². The van der Waals surface area contributed by atoms with Crippen LogP contribution in [0.15, 0.2) is 128 Å². The van der Waals surface area contributed by atoms with Crippen molar-refractivity contribution in [1.82, 2.24) is 14.1 Å². The molecule has 0 aliphatic heterocycles. The topological polar surface area (TPSA) is 22.8 Å². The molecule has 0 saturated heterocycles. The molecule has 0 N–H and O–H groups in total. The van der Waals surface area contributed by atoms with Gasteiger partial charge in [0.05, 0.1) is 28.4 Å². The Balaban J connectivity index is 1.48. The molecule has 8 aromatic rings. The van der Waals surface area contributed by atoms with E-state index in [1.807, 2.05) is 12.4 Å². The van der Waals surface area contributed by atoms with Crippen LogP contribution in [-0.4, -0.2) is 14.1 Å². The van der Waals surface area contributed by atoms with Crippen LogP contribution in [0.2, 0.25) is 0 Å². The Kier molecular flexibility index (Phi) is 3.94. The van der Waals surface area contributed by atoms with Crippen LogP contribution in [-0.2, 0) is 0 Å². The maximum Gasteiger partial charge on any atom is 0.0718 e. The van der Waals surface area contributed by atoms with Gasteiger partial charge in [-0.2, -0.15) is 0 Å². The fraction of sp³-hybridized carbons (Fsp3) is 0. The Morgan fingerprint density at radius 1 is 0.500 bits per heavy atom. The fourth-order valence-corrected chi connectivity index (χ4v) is 5.76. The minimum atomic E-state index is 1.10. The van der Waals surface area contributed by atoms with Gasteiger partial charge in [-0.1, -0.05) is 72.8 Å². The summed E-state index contributed by atoms with van der Waals surface area (Å²) in [5.74, 6) is 0. The second-order valence-corrected chi connectivity index (χ2v) is 9.35. The van der Waals surface area contributed by atoms with Gasteiger partial charge in [-0.15, -0.1) is 0 Å². The van der Waals surface area contributed by atoms with Gasteiger partial charge in [0.25, 0.3) is 0 Å². The summed E-state index contributed by atoms with van der Waals surface area (Å²) in [5.41, 5.74) is 5.94. The molecule has 3 heterocycles. The van der Waals surface area contributed by atoms with E-state index in [4.69, 9.17) is 0 Å². The first kappa shape index (κ1) is 19.4. The van der Waals surface area contributed by atoms with Crippen LogP contribution in [0.1, 0.15) is 0 Å². The number of aromatic nitrogens is 3. The highest BCUT2D eigenvalue weighted by molar-refractivity contribution is 6.20. The van der Waals surface area contributed by atoms with Crippen LogP contribution >= 0.6 is 0 Å². The average Bonchev–Trinajstić information content (AvgIpc) is 3.51. The lowest BCUT2D eigenvalue weighted by molar-refractivity contribution is 1.12. The van der Waals surface area contributed by atoms with Crippen LogP contribution in [0, 0.1) is 0 Å². The van der Waals surface area contributed by atoms with Crippen molar-refractivity contribution in [2.24, 2.45) is 0 Å². The molecule has 0 saturated carbocycles. The minimum Gasteiger partial charge on any atom is -0.314 e. The summed E-state index contributed by atoms with van der Waals surface area (Å²) in [7, 11) is 0. The molecule has 0 amide bonds. The van der Waals surface area contributed by atoms with E-state index in [9.17, 15) is 0 Å². The van der Waals surface area contributed by atoms with Crippen molar-refractivity contribution in [2.75, 3.05) is 0 Å². The van der Waals surface area contributed by atoms with Crippen molar-refractivity contribution < 1.29 is 0 Å². The number of fused-ring (bicyclic) bond motifs is 7. The lowest BCUT2D eigenvalue weighted by Gasteiger charge is -2.12. The van der Waals surface area contributed by atoms with Gasteiger partial charge < -0.3 is 9.13 Å². The number of benzene rings is 5. The number of para-hydroxylation sites is 2. The van der Waals surface area contributed by atoms with Gasteiger partial charge >= 0.3 is 0 Å². The third-order valence-corrected chi connectivity index (χ3v) is 7.38. The quantitative estimate of drug-likeness (QED) is 0.254. The molecule has 168 valence electrons. The minimum absolute atomic E-state index is 1.10. The molecule has 0 aliphatic rings. The summed E-state index contributed by atoms with van der Waals surface area (Å²) < 4.78 is 4.67. The van der Waals surface area contributed by atoms with E-state index in [1.165, 1.54) is 54.6 Å². The summed E-state index contributed by atoms with van der Waals surface area (Å²) in [4.78, 5) is 4.52. The van der Waals surface area contributed by atoms with Crippen molar-refractivity contribution in [3.63, 3.8) is 0 Å². The first-order valence-corrected chi connectivity index (χ1v) is 12.2. The predicted molar refractivity (Wildman–Crippen MR) is 150 cm³/mol. The van der Waals surface area contributed by atoms with Gasteiger partial charge in [0.1, 0.15) is 0 Å².